The van der Waals surface area contributed by atoms with Crippen LogP contribution in [0.15, 0.2) is 53.4 Å². The molecule has 2 aromatic rings. The largest absolute Gasteiger partial charge is 0.497 e. The van der Waals surface area contributed by atoms with Crippen LogP contribution in [0.4, 0.5) is 5.69 Å². The molecule has 0 N–H and O–H groups in total. The summed E-state index contributed by atoms with van der Waals surface area (Å²) >= 11 is 0. The normalized spacial score (nSPS) is 19.6. The second-order valence-corrected chi connectivity index (χ2v) is 9.95. The third-order valence-electron chi connectivity index (χ3n) is 6.09. The van der Waals surface area contributed by atoms with Crippen LogP contribution in [0.3, 0.4) is 0 Å². The van der Waals surface area contributed by atoms with E-state index in [0.29, 0.717) is 23.7 Å². The maximum Gasteiger partial charge on any atom is 0.243 e. The summed E-state index contributed by atoms with van der Waals surface area (Å²) in [4.78, 5) is 29.1. The monoisotopic (exact) mass is 473 g/mol. The quantitative estimate of drug-likeness (QED) is 0.632. The van der Waals surface area contributed by atoms with Gasteiger partial charge in [0.25, 0.3) is 0 Å². The first-order chi connectivity index (χ1) is 15.8. The fourth-order valence-corrected chi connectivity index (χ4v) is 5.63. The Labute approximate surface area is 193 Å². The van der Waals surface area contributed by atoms with Crippen LogP contribution in [0.25, 0.3) is 0 Å². The van der Waals surface area contributed by atoms with Gasteiger partial charge in [0.05, 0.1) is 25.0 Å². The second kappa shape index (κ2) is 9.40. The highest BCUT2D eigenvalue weighted by Gasteiger charge is 2.39. The molecule has 2 amide bonds. The summed E-state index contributed by atoms with van der Waals surface area (Å²) in [6, 6.07) is 13.4. The molecule has 9 nitrogen and oxygen atoms in total. The number of methoxy groups -OCH3 is 2. The number of hydrogen-bond donors (Lipinski definition) is 0. The average Bonchev–Trinajstić information content (AvgIpc) is 3.25. The molecule has 2 aromatic carbocycles. The van der Waals surface area contributed by atoms with Gasteiger partial charge >= 0.3 is 0 Å². The maximum atomic E-state index is 13.1. The number of rotatable bonds is 6. The van der Waals surface area contributed by atoms with Crippen LogP contribution in [-0.2, 0) is 19.6 Å². The molecule has 2 aliphatic heterocycles. The summed E-state index contributed by atoms with van der Waals surface area (Å²) in [6.45, 7) is 1.30. The van der Waals surface area contributed by atoms with E-state index in [0.717, 1.165) is 0 Å². The molecule has 2 fully saturated rings. The standard InChI is InChI=1S/C23H27N3O6S/c1-31-19-6-8-21(9-7-19)33(29,30)25-12-10-24(11-13-25)23(28)17-14-22(27)26(16-17)18-4-3-5-20(15-18)32-2/h3-9,15,17H,10-14,16H2,1-2H3/t17-/m1/s1. The van der Waals surface area contributed by atoms with Crippen LogP contribution in [0.1, 0.15) is 6.42 Å². The lowest BCUT2D eigenvalue weighted by molar-refractivity contribution is -0.136. The number of piperazine rings is 1. The molecule has 176 valence electrons. The van der Waals surface area contributed by atoms with Gasteiger partial charge in [-0.05, 0) is 36.4 Å². The Balaban J connectivity index is 1.37. The predicted molar refractivity (Wildman–Crippen MR) is 122 cm³/mol. The third-order valence-corrected chi connectivity index (χ3v) is 8.00. The minimum Gasteiger partial charge on any atom is -0.497 e. The van der Waals surface area contributed by atoms with E-state index in [2.05, 4.69) is 0 Å². The fourth-order valence-electron chi connectivity index (χ4n) is 4.20. The number of benzene rings is 2. The zero-order valence-electron chi connectivity index (χ0n) is 18.6. The van der Waals surface area contributed by atoms with E-state index in [9.17, 15) is 18.0 Å². The average molecular weight is 474 g/mol. The number of amides is 2. The summed E-state index contributed by atoms with van der Waals surface area (Å²) in [7, 11) is -0.567. The number of sulfonamides is 1. The van der Waals surface area contributed by atoms with Crippen LogP contribution in [0.2, 0.25) is 0 Å². The van der Waals surface area contributed by atoms with Gasteiger partial charge in [-0.3, -0.25) is 9.59 Å². The number of ether oxygens (including phenoxy) is 2. The van der Waals surface area contributed by atoms with Crippen molar-refractivity contribution in [3.8, 4) is 11.5 Å². The SMILES string of the molecule is COc1ccc(S(=O)(=O)N2CCN(C(=O)[C@@H]3CC(=O)N(c4cccc(OC)c4)C3)CC2)cc1. The third kappa shape index (κ3) is 4.67. The van der Waals surface area contributed by atoms with E-state index in [4.69, 9.17) is 9.47 Å². The summed E-state index contributed by atoms with van der Waals surface area (Å²) in [5, 5.41) is 0. The number of hydrogen-bond acceptors (Lipinski definition) is 6. The Bertz CT molecular complexity index is 1130. The highest BCUT2D eigenvalue weighted by molar-refractivity contribution is 7.89. The molecule has 4 rings (SSSR count). The summed E-state index contributed by atoms with van der Waals surface area (Å²) in [5.74, 6) is 0.550. The van der Waals surface area contributed by atoms with Crippen molar-refractivity contribution in [1.29, 1.82) is 0 Å². The first kappa shape index (κ1) is 23.1. The molecule has 10 heteroatoms. The number of carbonyl (C=O) groups is 2. The van der Waals surface area contributed by atoms with E-state index >= 15 is 0 Å². The topological polar surface area (TPSA) is 96.5 Å². The summed E-state index contributed by atoms with van der Waals surface area (Å²) in [6.07, 6.45) is 0.139. The Morgan fingerprint density at radius 2 is 1.61 bits per heavy atom. The first-order valence-electron chi connectivity index (χ1n) is 10.7. The van der Waals surface area contributed by atoms with Crippen molar-refractivity contribution >= 4 is 27.5 Å². The second-order valence-electron chi connectivity index (χ2n) is 8.01. The predicted octanol–water partition coefficient (Wildman–Crippen LogP) is 1.59. The van der Waals surface area contributed by atoms with Crippen molar-refractivity contribution in [1.82, 2.24) is 9.21 Å². The molecule has 0 unspecified atom stereocenters. The van der Waals surface area contributed by atoms with Crippen molar-refractivity contribution < 1.29 is 27.5 Å². The molecule has 1 atom stereocenters. The molecule has 0 aromatic heterocycles. The van der Waals surface area contributed by atoms with Gasteiger partial charge < -0.3 is 19.3 Å². The fraction of sp³-hybridized carbons (Fsp3) is 0.391. The molecule has 0 radical (unpaired) electrons. The van der Waals surface area contributed by atoms with Gasteiger partial charge in [0.1, 0.15) is 11.5 Å². The highest BCUT2D eigenvalue weighted by atomic mass is 32.2. The lowest BCUT2D eigenvalue weighted by Gasteiger charge is -2.35. The lowest BCUT2D eigenvalue weighted by Crippen LogP contribution is -2.52. The van der Waals surface area contributed by atoms with Gasteiger partial charge in [-0.1, -0.05) is 6.07 Å². The van der Waals surface area contributed by atoms with Gasteiger partial charge in [-0.25, -0.2) is 8.42 Å². The van der Waals surface area contributed by atoms with Crippen molar-refractivity contribution in [2.75, 3.05) is 51.8 Å². The lowest BCUT2D eigenvalue weighted by atomic mass is 10.1. The van der Waals surface area contributed by atoms with Crippen molar-refractivity contribution in [3.63, 3.8) is 0 Å². The molecule has 0 saturated carbocycles. The van der Waals surface area contributed by atoms with Gasteiger partial charge in [0, 0.05) is 50.9 Å². The molecule has 33 heavy (non-hydrogen) atoms. The molecule has 0 bridgehead atoms. The van der Waals surface area contributed by atoms with Crippen molar-refractivity contribution in [2.45, 2.75) is 11.3 Å². The van der Waals surface area contributed by atoms with Crippen LogP contribution in [0, 0.1) is 5.92 Å². The summed E-state index contributed by atoms with van der Waals surface area (Å²) in [5.41, 5.74) is 0.699. The van der Waals surface area contributed by atoms with E-state index < -0.39 is 15.9 Å². The van der Waals surface area contributed by atoms with E-state index in [-0.39, 0.29) is 49.3 Å². The summed E-state index contributed by atoms with van der Waals surface area (Å²) < 4.78 is 37.6. The van der Waals surface area contributed by atoms with Crippen LogP contribution >= 0.6 is 0 Å². The van der Waals surface area contributed by atoms with Gasteiger partial charge in [0.15, 0.2) is 0 Å². The Hall–Kier alpha value is -3.11. The van der Waals surface area contributed by atoms with Gasteiger partial charge in [0.2, 0.25) is 21.8 Å². The van der Waals surface area contributed by atoms with Gasteiger partial charge in [-0.2, -0.15) is 4.31 Å². The Kier molecular flexibility index (Phi) is 6.57. The zero-order valence-corrected chi connectivity index (χ0v) is 19.5. The minimum atomic E-state index is -3.65. The number of nitrogens with zero attached hydrogens (tertiary/aromatic N) is 3. The first-order valence-corrected chi connectivity index (χ1v) is 12.1. The number of anilines is 1. The maximum absolute atomic E-state index is 13.1. The van der Waals surface area contributed by atoms with Crippen LogP contribution in [0.5, 0.6) is 11.5 Å². The van der Waals surface area contributed by atoms with E-state index in [1.807, 2.05) is 6.07 Å². The van der Waals surface area contributed by atoms with Crippen molar-refractivity contribution in [3.05, 3.63) is 48.5 Å². The highest BCUT2D eigenvalue weighted by Crippen LogP contribution is 2.29. The Morgan fingerprint density at radius 3 is 2.24 bits per heavy atom. The van der Waals surface area contributed by atoms with E-state index in [1.165, 1.54) is 23.5 Å². The Morgan fingerprint density at radius 1 is 0.939 bits per heavy atom. The molecular formula is C23H27N3O6S. The van der Waals surface area contributed by atoms with Crippen LogP contribution in [-0.4, -0.2) is 76.4 Å². The molecule has 0 spiro atoms. The smallest absolute Gasteiger partial charge is 0.243 e. The molecule has 2 aliphatic rings. The molecule has 2 saturated heterocycles. The van der Waals surface area contributed by atoms with Gasteiger partial charge in [-0.15, -0.1) is 0 Å². The molecule has 2 heterocycles. The van der Waals surface area contributed by atoms with Crippen molar-refractivity contribution in [2.24, 2.45) is 5.92 Å². The minimum absolute atomic E-state index is 0.109. The molecule has 0 aliphatic carbocycles. The van der Waals surface area contributed by atoms with E-state index in [1.54, 1.807) is 47.2 Å². The molecular weight excluding hydrogens is 446 g/mol. The van der Waals surface area contributed by atoms with Crippen LogP contribution < -0.4 is 14.4 Å². The zero-order chi connectivity index (χ0) is 23.6. The number of carbonyl (C=O) groups excluding carboxylic acids is 2.